The fourth-order valence-corrected chi connectivity index (χ4v) is 6.36. The first-order chi connectivity index (χ1) is 22.7. The van der Waals surface area contributed by atoms with Gasteiger partial charge >= 0.3 is 0 Å². The van der Waals surface area contributed by atoms with E-state index >= 15 is 0 Å². The van der Waals surface area contributed by atoms with Crippen molar-refractivity contribution in [1.29, 1.82) is 0 Å². The molecular formula is C36H38ClN5O5. The smallest absolute Gasteiger partial charge is 0.287 e. The van der Waals surface area contributed by atoms with E-state index in [0.717, 1.165) is 35.5 Å². The maximum absolute atomic E-state index is 14.0. The summed E-state index contributed by atoms with van der Waals surface area (Å²) in [5.41, 5.74) is 3.76. The highest BCUT2D eigenvalue weighted by Crippen LogP contribution is 2.26. The molecule has 47 heavy (non-hydrogen) atoms. The Morgan fingerprint density at radius 1 is 0.936 bits per heavy atom. The van der Waals surface area contributed by atoms with Crippen molar-refractivity contribution in [2.45, 2.75) is 31.8 Å². The Labute approximate surface area is 278 Å². The van der Waals surface area contributed by atoms with Crippen molar-refractivity contribution >= 4 is 51.7 Å². The first-order valence-electron chi connectivity index (χ1n) is 15.9. The second kappa shape index (κ2) is 13.9. The molecule has 0 radical (unpaired) electrons. The number of benzene rings is 3. The summed E-state index contributed by atoms with van der Waals surface area (Å²) in [4.78, 5) is 60.6. The van der Waals surface area contributed by atoms with Crippen LogP contribution in [0.2, 0.25) is 5.02 Å². The predicted molar refractivity (Wildman–Crippen MR) is 183 cm³/mol. The SMILES string of the molecule is CN(C)c1ccc2oc(C(=O)N[C@@H](Cc3ccc(Cl)cc3)C(=O)N3CCN(c4ccccc4CN4CCCC4=O)CC3)cc(=O)c2c1. The lowest BCUT2D eigenvalue weighted by molar-refractivity contribution is -0.133. The van der Waals surface area contributed by atoms with E-state index in [4.69, 9.17) is 16.0 Å². The maximum Gasteiger partial charge on any atom is 0.287 e. The van der Waals surface area contributed by atoms with E-state index in [1.807, 2.05) is 54.2 Å². The van der Waals surface area contributed by atoms with Crippen LogP contribution in [0, 0.1) is 0 Å². The number of amides is 3. The zero-order valence-electron chi connectivity index (χ0n) is 26.6. The van der Waals surface area contributed by atoms with Gasteiger partial charge in [-0.3, -0.25) is 19.2 Å². The quantitative estimate of drug-likeness (QED) is 0.286. The number of hydrogen-bond donors (Lipinski definition) is 1. The van der Waals surface area contributed by atoms with Gasteiger partial charge in [-0.25, -0.2) is 0 Å². The molecule has 2 fully saturated rings. The van der Waals surface area contributed by atoms with E-state index in [1.54, 1.807) is 29.2 Å². The molecule has 0 spiro atoms. The number of carbonyl (C=O) groups excluding carboxylic acids is 3. The Bertz CT molecular complexity index is 1850. The number of fused-ring (bicyclic) bond motifs is 1. The standard InChI is InChI=1S/C36H38ClN5O5/c1-39(2)27-13-14-32-28(21-27)31(43)22-33(47-32)35(45)38-29(20-24-9-11-26(37)12-10-24)36(46)41-18-16-40(17-19-41)30-7-4-3-6-25(30)23-42-15-5-8-34(42)44/h3-4,6-7,9-14,21-22,29H,5,8,15-20,23H2,1-2H3,(H,38,45)/t29-/m0/s1. The van der Waals surface area contributed by atoms with Crippen LogP contribution in [0.1, 0.15) is 34.5 Å². The molecule has 11 heteroatoms. The number of anilines is 2. The van der Waals surface area contributed by atoms with E-state index in [9.17, 15) is 19.2 Å². The maximum atomic E-state index is 14.0. The number of likely N-dealkylation sites (tertiary alicyclic amines) is 1. The van der Waals surface area contributed by atoms with Crippen LogP contribution in [0.25, 0.3) is 11.0 Å². The fourth-order valence-electron chi connectivity index (χ4n) is 6.24. The molecule has 3 heterocycles. The van der Waals surface area contributed by atoms with Gasteiger partial charge in [-0.15, -0.1) is 0 Å². The van der Waals surface area contributed by atoms with E-state index in [0.29, 0.717) is 55.1 Å². The highest BCUT2D eigenvalue weighted by Gasteiger charge is 2.31. The minimum atomic E-state index is -0.902. The Kier molecular flexibility index (Phi) is 9.49. The molecule has 0 saturated carbocycles. The van der Waals surface area contributed by atoms with Crippen molar-refractivity contribution in [1.82, 2.24) is 15.1 Å². The van der Waals surface area contributed by atoms with Crippen molar-refractivity contribution in [3.63, 3.8) is 0 Å². The monoisotopic (exact) mass is 655 g/mol. The number of halogens is 1. The Hall–Kier alpha value is -4.83. The molecule has 0 unspecified atom stereocenters. The normalized spacial score (nSPS) is 15.6. The number of hydrogen-bond acceptors (Lipinski definition) is 7. The van der Waals surface area contributed by atoms with Gasteiger partial charge in [0.05, 0.1) is 5.39 Å². The predicted octanol–water partition coefficient (Wildman–Crippen LogP) is 4.32. The third-order valence-electron chi connectivity index (χ3n) is 8.86. The summed E-state index contributed by atoms with van der Waals surface area (Å²) >= 11 is 6.10. The van der Waals surface area contributed by atoms with Gasteiger partial charge in [0.2, 0.25) is 11.8 Å². The molecule has 10 nitrogen and oxygen atoms in total. The summed E-state index contributed by atoms with van der Waals surface area (Å²) in [6, 6.07) is 20.7. The summed E-state index contributed by atoms with van der Waals surface area (Å²) in [6.07, 6.45) is 1.72. The lowest BCUT2D eigenvalue weighted by Crippen LogP contribution is -2.55. The average molecular weight is 656 g/mol. The number of nitrogens with zero attached hydrogens (tertiary/aromatic N) is 4. The third kappa shape index (κ3) is 7.28. The number of carbonyl (C=O) groups is 3. The second-order valence-electron chi connectivity index (χ2n) is 12.3. The van der Waals surface area contributed by atoms with Crippen molar-refractivity contribution in [2.24, 2.45) is 0 Å². The van der Waals surface area contributed by atoms with E-state index in [-0.39, 0.29) is 29.4 Å². The Balaban J connectivity index is 1.18. The van der Waals surface area contributed by atoms with Crippen LogP contribution in [-0.2, 0) is 22.6 Å². The molecule has 2 saturated heterocycles. The molecule has 1 aromatic heterocycles. The van der Waals surface area contributed by atoms with Gasteiger partial charge in [-0.2, -0.15) is 0 Å². The van der Waals surface area contributed by atoms with Crippen LogP contribution < -0.4 is 20.5 Å². The molecular weight excluding hydrogens is 618 g/mol. The van der Waals surface area contributed by atoms with Gasteiger partial charge in [-0.1, -0.05) is 41.9 Å². The molecule has 3 amide bonds. The minimum absolute atomic E-state index is 0.160. The van der Waals surface area contributed by atoms with E-state index < -0.39 is 11.9 Å². The average Bonchev–Trinajstić information content (AvgIpc) is 3.48. The van der Waals surface area contributed by atoms with E-state index in [1.165, 1.54) is 6.07 Å². The molecule has 0 bridgehead atoms. The largest absolute Gasteiger partial charge is 0.451 e. The molecule has 1 N–H and O–H groups in total. The summed E-state index contributed by atoms with van der Waals surface area (Å²) in [7, 11) is 3.75. The summed E-state index contributed by atoms with van der Waals surface area (Å²) in [6.45, 7) is 3.48. The van der Waals surface area contributed by atoms with Gasteiger partial charge in [0, 0.05) is 88.7 Å². The van der Waals surface area contributed by atoms with Crippen molar-refractivity contribution < 1.29 is 18.8 Å². The highest BCUT2D eigenvalue weighted by atomic mass is 35.5. The zero-order chi connectivity index (χ0) is 33.1. The van der Waals surface area contributed by atoms with Gasteiger partial charge in [0.25, 0.3) is 5.91 Å². The van der Waals surface area contributed by atoms with Gasteiger partial charge in [0.15, 0.2) is 11.2 Å². The zero-order valence-corrected chi connectivity index (χ0v) is 27.3. The topological polar surface area (TPSA) is 106 Å². The molecule has 2 aliphatic heterocycles. The Morgan fingerprint density at radius 3 is 2.38 bits per heavy atom. The molecule has 0 aliphatic carbocycles. The van der Waals surface area contributed by atoms with Crippen LogP contribution in [-0.4, -0.2) is 80.4 Å². The molecule has 2 aliphatic rings. The molecule has 1 atom stereocenters. The van der Waals surface area contributed by atoms with Gasteiger partial charge in [-0.05, 0) is 53.9 Å². The van der Waals surface area contributed by atoms with E-state index in [2.05, 4.69) is 22.3 Å². The summed E-state index contributed by atoms with van der Waals surface area (Å²) in [5, 5.41) is 3.80. The van der Waals surface area contributed by atoms with Crippen LogP contribution >= 0.6 is 11.6 Å². The number of piperazine rings is 1. The summed E-state index contributed by atoms with van der Waals surface area (Å²) in [5.74, 6) is -0.836. The number of nitrogens with one attached hydrogen (secondary N) is 1. The second-order valence-corrected chi connectivity index (χ2v) is 12.7. The van der Waals surface area contributed by atoms with Crippen LogP contribution in [0.15, 0.2) is 82.0 Å². The summed E-state index contributed by atoms with van der Waals surface area (Å²) < 4.78 is 5.86. The van der Waals surface area contributed by atoms with Crippen molar-refractivity contribution in [2.75, 3.05) is 56.6 Å². The first-order valence-corrected chi connectivity index (χ1v) is 16.2. The molecule has 3 aromatic carbocycles. The fraction of sp³-hybridized carbons (Fsp3) is 0.333. The van der Waals surface area contributed by atoms with Crippen LogP contribution in [0.5, 0.6) is 0 Å². The van der Waals surface area contributed by atoms with Crippen LogP contribution in [0.3, 0.4) is 0 Å². The van der Waals surface area contributed by atoms with Gasteiger partial charge in [0.1, 0.15) is 11.6 Å². The van der Waals surface area contributed by atoms with Crippen LogP contribution in [0.4, 0.5) is 11.4 Å². The lowest BCUT2D eigenvalue weighted by atomic mass is 10.0. The van der Waals surface area contributed by atoms with Gasteiger partial charge < -0.3 is 29.3 Å². The van der Waals surface area contributed by atoms with Crippen molar-refractivity contribution in [3.8, 4) is 0 Å². The number of rotatable bonds is 9. The molecule has 244 valence electrons. The molecule has 6 rings (SSSR count). The number of para-hydroxylation sites is 1. The van der Waals surface area contributed by atoms with Crippen molar-refractivity contribution in [3.05, 3.63) is 105 Å². The first kappa shape index (κ1) is 32.1. The third-order valence-corrected chi connectivity index (χ3v) is 9.12. The molecule has 4 aromatic rings. The minimum Gasteiger partial charge on any atom is -0.451 e. The lowest BCUT2D eigenvalue weighted by Gasteiger charge is -2.38. The Morgan fingerprint density at radius 2 is 1.68 bits per heavy atom. The highest BCUT2D eigenvalue weighted by molar-refractivity contribution is 6.30.